The Morgan fingerprint density at radius 2 is 1.81 bits per heavy atom. The van der Waals surface area contributed by atoms with Gasteiger partial charge in [-0.25, -0.2) is 0 Å². The first kappa shape index (κ1) is 17.0. The second-order valence-electron chi connectivity index (χ2n) is 6.23. The molecule has 2 aliphatic rings. The number of halogens is 3. The summed E-state index contributed by atoms with van der Waals surface area (Å²) in [4.78, 5) is 0. The van der Waals surface area contributed by atoms with Gasteiger partial charge in [-0.15, -0.1) is 0 Å². The molecule has 0 bridgehead atoms. The largest absolute Gasteiger partial charge is 0.411 e. The van der Waals surface area contributed by atoms with E-state index in [1.54, 1.807) is 0 Å². The van der Waals surface area contributed by atoms with E-state index in [1.807, 2.05) is 0 Å². The molecule has 0 spiro atoms. The van der Waals surface area contributed by atoms with Crippen LogP contribution < -0.4 is 10.6 Å². The molecule has 0 amide bonds. The minimum atomic E-state index is -4.22. The summed E-state index contributed by atoms with van der Waals surface area (Å²) in [6, 6.07) is 0.997. The molecule has 1 heterocycles. The van der Waals surface area contributed by atoms with Gasteiger partial charge in [0.1, 0.15) is 6.61 Å². The molecule has 0 aromatic heterocycles. The Kier molecular flexibility index (Phi) is 6.76. The molecule has 2 N–H and O–H groups in total. The van der Waals surface area contributed by atoms with Gasteiger partial charge in [-0.2, -0.15) is 13.2 Å². The van der Waals surface area contributed by atoms with Gasteiger partial charge < -0.3 is 15.4 Å². The fourth-order valence-corrected chi connectivity index (χ4v) is 3.64. The zero-order chi connectivity index (χ0) is 15.1. The quantitative estimate of drug-likeness (QED) is 0.740. The molecule has 1 aliphatic carbocycles. The Morgan fingerprint density at radius 3 is 2.52 bits per heavy atom. The van der Waals surface area contributed by atoms with Crippen LogP contribution >= 0.6 is 0 Å². The number of hydrogen-bond acceptors (Lipinski definition) is 3. The van der Waals surface area contributed by atoms with E-state index in [0.29, 0.717) is 24.5 Å². The van der Waals surface area contributed by atoms with E-state index < -0.39 is 12.8 Å². The van der Waals surface area contributed by atoms with Gasteiger partial charge in [0, 0.05) is 18.6 Å². The number of alkyl halides is 3. The summed E-state index contributed by atoms with van der Waals surface area (Å²) in [5.41, 5.74) is 0. The van der Waals surface area contributed by atoms with Crippen molar-refractivity contribution in [3.8, 4) is 0 Å². The van der Waals surface area contributed by atoms with Gasteiger partial charge in [0.15, 0.2) is 0 Å². The molecule has 1 aliphatic heterocycles. The zero-order valence-corrected chi connectivity index (χ0v) is 12.6. The summed E-state index contributed by atoms with van der Waals surface area (Å²) < 4.78 is 40.6. The highest BCUT2D eigenvalue weighted by Crippen LogP contribution is 2.30. The third kappa shape index (κ3) is 6.12. The normalized spacial score (nSPS) is 31.3. The maximum Gasteiger partial charge on any atom is 0.411 e. The highest BCUT2D eigenvalue weighted by molar-refractivity contribution is 4.90. The van der Waals surface area contributed by atoms with E-state index in [9.17, 15) is 13.2 Å². The van der Waals surface area contributed by atoms with E-state index in [4.69, 9.17) is 0 Å². The summed E-state index contributed by atoms with van der Waals surface area (Å²) in [7, 11) is 0. The standard InChI is InChI=1S/C15H27F3N2O/c16-15(17,18)11-21-10-9-20-14-6-2-1-5-12(14)13-7-3-4-8-19-13/h12-14,19-20H,1-11H2. The van der Waals surface area contributed by atoms with Crippen molar-refractivity contribution in [2.75, 3.05) is 26.3 Å². The minimum Gasteiger partial charge on any atom is -0.371 e. The smallest absolute Gasteiger partial charge is 0.371 e. The van der Waals surface area contributed by atoms with E-state index in [2.05, 4.69) is 15.4 Å². The lowest BCUT2D eigenvalue weighted by atomic mass is 9.77. The minimum absolute atomic E-state index is 0.126. The molecule has 2 fully saturated rings. The van der Waals surface area contributed by atoms with Crippen molar-refractivity contribution >= 4 is 0 Å². The fraction of sp³-hybridized carbons (Fsp3) is 1.00. The van der Waals surface area contributed by atoms with E-state index in [0.717, 1.165) is 13.0 Å². The Morgan fingerprint density at radius 1 is 1.05 bits per heavy atom. The van der Waals surface area contributed by atoms with Gasteiger partial charge in [-0.1, -0.05) is 19.3 Å². The molecule has 3 nitrogen and oxygen atoms in total. The molecule has 1 saturated carbocycles. The Balaban J connectivity index is 1.69. The van der Waals surface area contributed by atoms with Gasteiger partial charge in [0.25, 0.3) is 0 Å². The van der Waals surface area contributed by atoms with Crippen LogP contribution in [0.15, 0.2) is 0 Å². The first-order chi connectivity index (χ1) is 10.1. The van der Waals surface area contributed by atoms with Crippen LogP contribution in [0.4, 0.5) is 13.2 Å². The fourth-order valence-electron chi connectivity index (χ4n) is 3.64. The average Bonchev–Trinajstić information content (AvgIpc) is 2.47. The van der Waals surface area contributed by atoms with Crippen molar-refractivity contribution in [3.05, 3.63) is 0 Å². The molecule has 2 rings (SSSR count). The molecule has 124 valence electrons. The summed E-state index contributed by atoms with van der Waals surface area (Å²) in [5, 5.41) is 7.04. The van der Waals surface area contributed by atoms with E-state index in [-0.39, 0.29) is 6.61 Å². The molecule has 6 heteroatoms. The SMILES string of the molecule is FC(F)(F)COCCNC1CCCCC1C1CCCCN1. The first-order valence-electron chi connectivity index (χ1n) is 8.17. The van der Waals surface area contributed by atoms with Crippen LogP contribution in [-0.4, -0.2) is 44.6 Å². The Hall–Kier alpha value is -0.330. The predicted molar refractivity (Wildman–Crippen MR) is 76.3 cm³/mol. The van der Waals surface area contributed by atoms with E-state index >= 15 is 0 Å². The molecule has 0 aromatic carbocycles. The van der Waals surface area contributed by atoms with Crippen molar-refractivity contribution in [3.63, 3.8) is 0 Å². The Bertz CT molecular complexity index is 293. The van der Waals surface area contributed by atoms with Crippen LogP contribution in [-0.2, 0) is 4.74 Å². The maximum atomic E-state index is 12.0. The van der Waals surface area contributed by atoms with E-state index in [1.165, 1.54) is 38.5 Å². The Labute approximate surface area is 125 Å². The lowest BCUT2D eigenvalue weighted by Crippen LogP contribution is -2.51. The van der Waals surface area contributed by atoms with Crippen LogP contribution in [0.1, 0.15) is 44.9 Å². The van der Waals surface area contributed by atoms with Crippen molar-refractivity contribution in [2.45, 2.75) is 63.2 Å². The second-order valence-corrected chi connectivity index (χ2v) is 6.23. The van der Waals surface area contributed by atoms with Crippen LogP contribution in [0.5, 0.6) is 0 Å². The molecule has 3 atom stereocenters. The topological polar surface area (TPSA) is 33.3 Å². The maximum absolute atomic E-state index is 12.0. The van der Waals surface area contributed by atoms with Crippen LogP contribution in [0.2, 0.25) is 0 Å². The van der Waals surface area contributed by atoms with Crippen molar-refractivity contribution in [1.82, 2.24) is 10.6 Å². The summed E-state index contributed by atoms with van der Waals surface area (Å²) in [6.45, 7) is 0.584. The third-order valence-electron chi connectivity index (χ3n) is 4.60. The van der Waals surface area contributed by atoms with Crippen molar-refractivity contribution < 1.29 is 17.9 Å². The lowest BCUT2D eigenvalue weighted by molar-refractivity contribution is -0.173. The lowest BCUT2D eigenvalue weighted by Gasteiger charge is -2.40. The zero-order valence-electron chi connectivity index (χ0n) is 12.6. The van der Waals surface area contributed by atoms with Gasteiger partial charge in [0.05, 0.1) is 6.61 Å². The number of ether oxygens (including phenoxy) is 1. The van der Waals surface area contributed by atoms with Crippen LogP contribution in [0.25, 0.3) is 0 Å². The first-order valence-corrected chi connectivity index (χ1v) is 8.17. The molecule has 21 heavy (non-hydrogen) atoms. The third-order valence-corrected chi connectivity index (χ3v) is 4.60. The number of rotatable bonds is 6. The molecular formula is C15H27F3N2O. The highest BCUT2D eigenvalue weighted by atomic mass is 19.4. The van der Waals surface area contributed by atoms with Gasteiger partial charge in [-0.3, -0.25) is 0 Å². The average molecular weight is 308 g/mol. The van der Waals surface area contributed by atoms with Gasteiger partial charge >= 0.3 is 6.18 Å². The predicted octanol–water partition coefficient (Wildman–Crippen LogP) is 2.86. The van der Waals surface area contributed by atoms with Crippen molar-refractivity contribution in [2.24, 2.45) is 5.92 Å². The summed E-state index contributed by atoms with van der Waals surface area (Å²) in [6.07, 6.45) is 4.38. The van der Waals surface area contributed by atoms with Crippen LogP contribution in [0.3, 0.4) is 0 Å². The molecule has 0 aromatic rings. The molecule has 1 saturated heterocycles. The molecular weight excluding hydrogens is 281 g/mol. The number of hydrogen-bond donors (Lipinski definition) is 2. The highest BCUT2D eigenvalue weighted by Gasteiger charge is 2.32. The van der Waals surface area contributed by atoms with Crippen molar-refractivity contribution in [1.29, 1.82) is 0 Å². The monoisotopic (exact) mass is 308 g/mol. The second kappa shape index (κ2) is 8.34. The van der Waals surface area contributed by atoms with Gasteiger partial charge in [-0.05, 0) is 38.1 Å². The van der Waals surface area contributed by atoms with Crippen LogP contribution in [0, 0.1) is 5.92 Å². The summed E-state index contributed by atoms with van der Waals surface area (Å²) in [5.74, 6) is 0.613. The molecule has 0 radical (unpaired) electrons. The van der Waals surface area contributed by atoms with Gasteiger partial charge in [0.2, 0.25) is 0 Å². The molecule has 3 unspecified atom stereocenters. The number of piperidine rings is 1. The summed E-state index contributed by atoms with van der Waals surface area (Å²) >= 11 is 0. The number of nitrogens with one attached hydrogen (secondary N) is 2.